The summed E-state index contributed by atoms with van der Waals surface area (Å²) in [6.07, 6.45) is -2.86. The van der Waals surface area contributed by atoms with Crippen molar-refractivity contribution >= 4 is 22.5 Å². The maximum Gasteiger partial charge on any atom is 0.271 e. The summed E-state index contributed by atoms with van der Waals surface area (Å²) in [7, 11) is 0. The van der Waals surface area contributed by atoms with Crippen LogP contribution in [0.5, 0.6) is 0 Å². The van der Waals surface area contributed by atoms with E-state index >= 15 is 0 Å². The predicted molar refractivity (Wildman–Crippen MR) is 48.5 cm³/mol. The molecule has 1 heterocycles. The Kier molecular flexibility index (Phi) is 3.00. The van der Waals surface area contributed by atoms with Gasteiger partial charge in [-0.1, -0.05) is 0 Å². The van der Waals surface area contributed by atoms with E-state index in [9.17, 15) is 13.6 Å². The lowest BCUT2D eigenvalue weighted by atomic mass is 10.1. The Bertz CT molecular complexity index is 382. The first-order valence-corrected chi connectivity index (χ1v) is 4.06. The van der Waals surface area contributed by atoms with Crippen molar-refractivity contribution < 1.29 is 13.6 Å². The number of alkyl halides is 2. The second-order valence-corrected chi connectivity index (χ2v) is 3.03. The number of nitrogens with zero attached hydrogens (tertiary/aromatic N) is 1. The van der Waals surface area contributed by atoms with Gasteiger partial charge in [0.1, 0.15) is 5.69 Å². The van der Waals surface area contributed by atoms with Crippen LogP contribution in [0.1, 0.15) is 28.2 Å². The number of hydrogen-bond donors (Lipinski definition) is 1. The van der Waals surface area contributed by atoms with Gasteiger partial charge in [-0.05, 0) is 24.6 Å². The Morgan fingerprint density at radius 1 is 1.64 bits per heavy atom. The van der Waals surface area contributed by atoms with Crippen molar-refractivity contribution in [1.82, 2.24) is 4.98 Å². The topological polar surface area (TPSA) is 56.0 Å². The van der Waals surface area contributed by atoms with E-state index in [1.165, 1.54) is 13.0 Å². The van der Waals surface area contributed by atoms with E-state index in [0.29, 0.717) is 5.69 Å². The number of carbonyl (C=O) groups excluding carboxylic acids is 1. The molecule has 0 radical (unpaired) electrons. The number of anilines is 1. The van der Waals surface area contributed by atoms with Gasteiger partial charge < -0.3 is 5.73 Å². The van der Waals surface area contributed by atoms with Crippen molar-refractivity contribution in [2.24, 2.45) is 0 Å². The van der Waals surface area contributed by atoms with Crippen LogP contribution in [0.3, 0.4) is 0 Å². The average Bonchev–Trinajstić information content (AvgIpc) is 2.01. The molecule has 0 fully saturated rings. The number of nitrogens with two attached hydrogens (primary N) is 1. The molecule has 14 heavy (non-hydrogen) atoms. The molecule has 0 saturated heterocycles. The SMILES string of the molecule is Cc1cc(N)c(C(F)F)c(C(=O)Cl)n1. The standard InChI is InChI=1S/C8H7ClF2N2O/c1-3-2-4(12)5(8(10)11)6(13-3)7(9)14/h2,8H,1H3,(H2,12,13). The average molecular weight is 221 g/mol. The molecule has 0 aliphatic carbocycles. The molecule has 0 spiro atoms. The second kappa shape index (κ2) is 3.88. The number of pyridine rings is 1. The lowest BCUT2D eigenvalue weighted by Crippen LogP contribution is -2.07. The van der Waals surface area contributed by atoms with Crippen LogP contribution in [0.25, 0.3) is 0 Å². The van der Waals surface area contributed by atoms with Crippen LogP contribution in [0.15, 0.2) is 6.07 Å². The van der Waals surface area contributed by atoms with Gasteiger partial charge in [0.15, 0.2) is 0 Å². The highest BCUT2D eigenvalue weighted by Crippen LogP contribution is 2.28. The third-order valence-corrected chi connectivity index (χ3v) is 1.80. The van der Waals surface area contributed by atoms with Gasteiger partial charge in [0, 0.05) is 11.4 Å². The van der Waals surface area contributed by atoms with Crippen LogP contribution in [0, 0.1) is 6.92 Å². The molecule has 1 rings (SSSR count). The van der Waals surface area contributed by atoms with Crippen molar-refractivity contribution in [2.75, 3.05) is 5.73 Å². The lowest BCUT2D eigenvalue weighted by molar-refractivity contribution is 0.106. The number of aromatic nitrogens is 1. The quantitative estimate of drug-likeness (QED) is 0.778. The Morgan fingerprint density at radius 3 is 2.64 bits per heavy atom. The molecule has 0 aliphatic heterocycles. The molecular formula is C8H7ClF2N2O. The van der Waals surface area contributed by atoms with Gasteiger partial charge in [-0.2, -0.15) is 0 Å². The minimum atomic E-state index is -2.86. The summed E-state index contributed by atoms with van der Waals surface area (Å²) in [6.45, 7) is 1.54. The summed E-state index contributed by atoms with van der Waals surface area (Å²) in [5.74, 6) is 0. The molecule has 0 saturated carbocycles. The Hall–Kier alpha value is -1.23. The fourth-order valence-corrected chi connectivity index (χ4v) is 1.23. The van der Waals surface area contributed by atoms with Gasteiger partial charge in [-0.25, -0.2) is 13.8 Å². The summed E-state index contributed by atoms with van der Waals surface area (Å²) >= 11 is 5.11. The number of carbonyl (C=O) groups is 1. The van der Waals surface area contributed by atoms with Gasteiger partial charge in [-0.3, -0.25) is 4.79 Å². The van der Waals surface area contributed by atoms with Crippen molar-refractivity contribution in [2.45, 2.75) is 13.3 Å². The first kappa shape index (κ1) is 10.8. The third kappa shape index (κ3) is 1.98. The molecular weight excluding hydrogens is 214 g/mol. The molecule has 0 aliphatic rings. The number of aryl methyl sites for hydroxylation is 1. The van der Waals surface area contributed by atoms with Crippen LogP contribution < -0.4 is 5.73 Å². The second-order valence-electron chi connectivity index (χ2n) is 2.69. The van der Waals surface area contributed by atoms with Gasteiger partial charge >= 0.3 is 0 Å². The van der Waals surface area contributed by atoms with Gasteiger partial charge in [-0.15, -0.1) is 0 Å². The van der Waals surface area contributed by atoms with E-state index in [0.717, 1.165) is 0 Å². The number of nitrogen functional groups attached to an aromatic ring is 1. The van der Waals surface area contributed by atoms with E-state index in [4.69, 9.17) is 17.3 Å². The first-order valence-electron chi connectivity index (χ1n) is 3.68. The number of hydrogen-bond acceptors (Lipinski definition) is 3. The minimum absolute atomic E-state index is 0.170. The van der Waals surface area contributed by atoms with Gasteiger partial charge in [0.05, 0.1) is 5.56 Å². The molecule has 0 aromatic carbocycles. The molecule has 0 amide bonds. The Balaban J connectivity index is 3.44. The molecule has 0 bridgehead atoms. The Labute approximate surface area is 83.9 Å². The number of rotatable bonds is 2. The van der Waals surface area contributed by atoms with E-state index in [1.54, 1.807) is 0 Å². The fourth-order valence-electron chi connectivity index (χ4n) is 1.09. The van der Waals surface area contributed by atoms with Crippen LogP contribution >= 0.6 is 11.6 Å². The van der Waals surface area contributed by atoms with Crippen LogP contribution in [-0.4, -0.2) is 10.2 Å². The maximum absolute atomic E-state index is 12.4. The van der Waals surface area contributed by atoms with Gasteiger partial charge in [0.2, 0.25) is 0 Å². The van der Waals surface area contributed by atoms with Crippen LogP contribution in [-0.2, 0) is 0 Å². The van der Waals surface area contributed by atoms with Crippen molar-refractivity contribution in [3.8, 4) is 0 Å². The molecule has 1 aromatic heterocycles. The molecule has 2 N–H and O–H groups in total. The van der Waals surface area contributed by atoms with Gasteiger partial charge in [0.25, 0.3) is 11.7 Å². The van der Waals surface area contributed by atoms with E-state index in [2.05, 4.69) is 4.98 Å². The minimum Gasteiger partial charge on any atom is -0.398 e. The summed E-state index contributed by atoms with van der Waals surface area (Å²) in [5, 5.41) is -1.03. The lowest BCUT2D eigenvalue weighted by Gasteiger charge is -2.08. The van der Waals surface area contributed by atoms with Crippen molar-refractivity contribution in [1.29, 1.82) is 0 Å². The highest BCUT2D eigenvalue weighted by atomic mass is 35.5. The molecule has 76 valence electrons. The molecule has 0 unspecified atom stereocenters. The summed E-state index contributed by atoms with van der Waals surface area (Å²) in [5.41, 5.74) is 4.46. The molecule has 0 atom stereocenters. The van der Waals surface area contributed by atoms with Crippen molar-refractivity contribution in [3.63, 3.8) is 0 Å². The summed E-state index contributed by atoms with van der Waals surface area (Å²) < 4.78 is 24.9. The van der Waals surface area contributed by atoms with Crippen LogP contribution in [0.4, 0.5) is 14.5 Å². The first-order chi connectivity index (χ1) is 6.43. The largest absolute Gasteiger partial charge is 0.398 e. The molecule has 6 heteroatoms. The normalized spacial score (nSPS) is 10.6. The van der Waals surface area contributed by atoms with Crippen LogP contribution in [0.2, 0.25) is 0 Å². The van der Waals surface area contributed by atoms with E-state index in [1.807, 2.05) is 0 Å². The molecule has 3 nitrogen and oxygen atoms in total. The Morgan fingerprint density at radius 2 is 2.21 bits per heavy atom. The molecule has 1 aromatic rings. The summed E-state index contributed by atoms with van der Waals surface area (Å²) in [6, 6.07) is 1.27. The van der Waals surface area contributed by atoms with Crippen molar-refractivity contribution in [3.05, 3.63) is 23.0 Å². The van der Waals surface area contributed by atoms with E-state index < -0.39 is 22.9 Å². The number of halogens is 3. The maximum atomic E-state index is 12.4. The zero-order valence-electron chi connectivity index (χ0n) is 7.22. The zero-order valence-corrected chi connectivity index (χ0v) is 7.98. The third-order valence-electron chi connectivity index (χ3n) is 1.62. The monoisotopic (exact) mass is 220 g/mol. The van der Waals surface area contributed by atoms with E-state index in [-0.39, 0.29) is 5.69 Å². The highest BCUT2D eigenvalue weighted by Gasteiger charge is 2.22. The smallest absolute Gasteiger partial charge is 0.271 e. The fraction of sp³-hybridized carbons (Fsp3) is 0.250. The zero-order chi connectivity index (χ0) is 10.9. The highest BCUT2D eigenvalue weighted by molar-refractivity contribution is 6.67. The predicted octanol–water partition coefficient (Wildman–Crippen LogP) is 2.29. The summed E-state index contributed by atoms with van der Waals surface area (Å²) in [4.78, 5) is 14.4.